The van der Waals surface area contributed by atoms with Gasteiger partial charge in [-0.1, -0.05) is 11.6 Å². The smallest absolute Gasteiger partial charge is 0.332 e. The van der Waals surface area contributed by atoms with Crippen molar-refractivity contribution in [2.45, 2.75) is 25.0 Å². The molecule has 1 amide bonds. The second-order valence-corrected chi connectivity index (χ2v) is 4.85. The number of nitro benzene ring substituents is 1. The van der Waals surface area contributed by atoms with E-state index in [9.17, 15) is 19.7 Å². The summed E-state index contributed by atoms with van der Waals surface area (Å²) in [5, 5.41) is 21.8. The Balaban J connectivity index is 2.02. The van der Waals surface area contributed by atoms with Crippen LogP contribution in [-0.4, -0.2) is 34.1 Å². The predicted octanol–water partition coefficient (Wildman–Crippen LogP) is 1.82. The number of carbonyl (C=O) groups is 2. The molecule has 9 heteroatoms. The molecule has 0 aromatic heterocycles. The number of halogens is 1. The summed E-state index contributed by atoms with van der Waals surface area (Å²) in [5.74, 6) is -1.62. The highest BCUT2D eigenvalue weighted by atomic mass is 35.5. The van der Waals surface area contributed by atoms with Gasteiger partial charge in [0.2, 0.25) is 0 Å². The van der Waals surface area contributed by atoms with E-state index in [2.05, 4.69) is 5.32 Å². The number of nitro groups is 1. The van der Waals surface area contributed by atoms with Gasteiger partial charge in [-0.25, -0.2) is 4.79 Å². The van der Waals surface area contributed by atoms with Crippen molar-refractivity contribution in [3.63, 3.8) is 0 Å². The first-order valence-corrected chi connectivity index (χ1v) is 6.39. The molecule has 0 aliphatic carbocycles. The Morgan fingerprint density at radius 1 is 1.38 bits per heavy atom. The molecule has 1 aliphatic rings. The molecule has 0 saturated carbocycles. The molecular formula is C12H11ClN2O6. The van der Waals surface area contributed by atoms with E-state index in [1.165, 1.54) is 18.2 Å². The highest BCUT2D eigenvalue weighted by Gasteiger charge is 2.34. The number of nitrogens with zero attached hydrogens (tertiary/aromatic N) is 1. The fourth-order valence-electron chi connectivity index (χ4n) is 1.97. The van der Waals surface area contributed by atoms with Gasteiger partial charge in [-0.15, -0.1) is 0 Å². The van der Waals surface area contributed by atoms with Crippen LogP contribution in [0.25, 0.3) is 0 Å². The largest absolute Gasteiger partial charge is 0.479 e. The van der Waals surface area contributed by atoms with Gasteiger partial charge >= 0.3 is 5.97 Å². The minimum Gasteiger partial charge on any atom is -0.479 e. The van der Waals surface area contributed by atoms with Crippen molar-refractivity contribution in [2.75, 3.05) is 5.32 Å². The molecule has 2 N–H and O–H groups in total. The Hall–Kier alpha value is -2.19. The molecule has 1 aliphatic heterocycles. The third kappa shape index (κ3) is 3.47. The van der Waals surface area contributed by atoms with Crippen molar-refractivity contribution in [1.82, 2.24) is 0 Å². The van der Waals surface area contributed by atoms with Crippen molar-refractivity contribution in [1.29, 1.82) is 0 Å². The Morgan fingerprint density at radius 3 is 2.57 bits per heavy atom. The van der Waals surface area contributed by atoms with Gasteiger partial charge < -0.3 is 15.2 Å². The maximum atomic E-state index is 11.9. The lowest BCUT2D eigenvalue weighted by molar-refractivity contribution is -0.384. The summed E-state index contributed by atoms with van der Waals surface area (Å²) in [6, 6.07) is 3.76. The zero-order valence-corrected chi connectivity index (χ0v) is 11.4. The van der Waals surface area contributed by atoms with Crippen molar-refractivity contribution < 1.29 is 24.4 Å². The molecule has 1 aromatic rings. The lowest BCUT2D eigenvalue weighted by atomic mass is 10.2. The SMILES string of the molecule is O=C(O)C1CCC(C(=O)Nc2ccc([N+](=O)[O-])c(Cl)c2)O1. The van der Waals surface area contributed by atoms with Crippen molar-refractivity contribution in [3.05, 3.63) is 33.3 Å². The number of benzene rings is 1. The Morgan fingerprint density at radius 2 is 2.05 bits per heavy atom. The lowest BCUT2D eigenvalue weighted by Crippen LogP contribution is -2.29. The first kappa shape index (κ1) is 15.2. The minimum absolute atomic E-state index is 0.103. The van der Waals surface area contributed by atoms with Crippen LogP contribution < -0.4 is 5.32 Å². The molecule has 1 aromatic carbocycles. The van der Waals surface area contributed by atoms with Crippen LogP contribution in [-0.2, 0) is 14.3 Å². The van der Waals surface area contributed by atoms with E-state index in [-0.39, 0.29) is 22.8 Å². The van der Waals surface area contributed by atoms with E-state index in [0.717, 1.165) is 0 Å². The average Bonchev–Trinajstić information content (AvgIpc) is 2.88. The van der Waals surface area contributed by atoms with E-state index in [1.54, 1.807) is 0 Å². The third-order valence-electron chi connectivity index (χ3n) is 3.00. The number of carboxylic acids is 1. The molecule has 21 heavy (non-hydrogen) atoms. The van der Waals surface area contributed by atoms with E-state index in [0.29, 0.717) is 6.42 Å². The number of rotatable bonds is 4. The van der Waals surface area contributed by atoms with Gasteiger partial charge in [0.1, 0.15) is 11.1 Å². The van der Waals surface area contributed by atoms with Gasteiger partial charge in [-0.2, -0.15) is 0 Å². The summed E-state index contributed by atoms with van der Waals surface area (Å²) in [4.78, 5) is 32.6. The summed E-state index contributed by atoms with van der Waals surface area (Å²) < 4.78 is 5.10. The maximum absolute atomic E-state index is 11.9. The maximum Gasteiger partial charge on any atom is 0.332 e. The summed E-state index contributed by atoms with van der Waals surface area (Å²) >= 11 is 5.73. The highest BCUT2D eigenvalue weighted by molar-refractivity contribution is 6.33. The second kappa shape index (κ2) is 6.06. The van der Waals surface area contributed by atoms with Crippen molar-refractivity contribution in [2.24, 2.45) is 0 Å². The summed E-state index contributed by atoms with van der Waals surface area (Å²) in [6.07, 6.45) is -1.29. The summed E-state index contributed by atoms with van der Waals surface area (Å²) in [7, 11) is 0. The molecule has 0 bridgehead atoms. The van der Waals surface area contributed by atoms with Crippen LogP contribution in [0, 0.1) is 10.1 Å². The number of hydrogen-bond donors (Lipinski definition) is 2. The molecule has 2 atom stereocenters. The Labute approximate surface area is 123 Å². The van der Waals surface area contributed by atoms with Crippen LogP contribution in [0.15, 0.2) is 18.2 Å². The van der Waals surface area contributed by atoms with Gasteiger partial charge in [0.05, 0.1) is 4.92 Å². The Bertz CT molecular complexity index is 605. The molecule has 1 saturated heterocycles. The van der Waals surface area contributed by atoms with Crippen LogP contribution in [0.2, 0.25) is 5.02 Å². The van der Waals surface area contributed by atoms with Crippen LogP contribution in [0.1, 0.15) is 12.8 Å². The summed E-state index contributed by atoms with van der Waals surface area (Å²) in [5.41, 5.74) is 0.00991. The van der Waals surface area contributed by atoms with Gasteiger partial charge in [-0.3, -0.25) is 14.9 Å². The van der Waals surface area contributed by atoms with Gasteiger partial charge in [0, 0.05) is 11.8 Å². The Kier molecular flexibility index (Phi) is 4.39. The van der Waals surface area contributed by atoms with Gasteiger partial charge in [0.15, 0.2) is 6.10 Å². The molecule has 1 fully saturated rings. The number of anilines is 1. The third-order valence-corrected chi connectivity index (χ3v) is 3.30. The standard InChI is InChI=1S/C12H11ClN2O6/c13-7-5-6(1-2-8(7)15(19)20)14-11(16)9-3-4-10(21-9)12(17)18/h1-2,5,9-10H,3-4H2,(H,14,16)(H,17,18). The summed E-state index contributed by atoms with van der Waals surface area (Å²) in [6.45, 7) is 0. The number of ether oxygens (including phenoxy) is 1. The van der Waals surface area contributed by atoms with Gasteiger partial charge in [-0.05, 0) is 25.0 Å². The topological polar surface area (TPSA) is 119 Å². The quantitative estimate of drug-likeness (QED) is 0.646. The lowest BCUT2D eigenvalue weighted by Gasteiger charge is -2.12. The van der Waals surface area contributed by atoms with E-state index < -0.39 is 29.0 Å². The monoisotopic (exact) mass is 314 g/mol. The highest BCUT2D eigenvalue weighted by Crippen LogP contribution is 2.28. The van der Waals surface area contributed by atoms with Crippen LogP contribution in [0.4, 0.5) is 11.4 Å². The zero-order chi connectivity index (χ0) is 15.6. The molecular weight excluding hydrogens is 304 g/mol. The first-order valence-electron chi connectivity index (χ1n) is 6.01. The molecule has 2 rings (SSSR count). The van der Waals surface area contributed by atoms with Crippen LogP contribution in [0.3, 0.4) is 0 Å². The van der Waals surface area contributed by atoms with Crippen LogP contribution in [0.5, 0.6) is 0 Å². The van der Waals surface area contributed by atoms with E-state index >= 15 is 0 Å². The van der Waals surface area contributed by atoms with E-state index in [4.69, 9.17) is 21.4 Å². The molecule has 0 spiro atoms. The number of aliphatic carboxylic acids is 1. The fraction of sp³-hybridized carbons (Fsp3) is 0.333. The average molecular weight is 315 g/mol. The van der Waals surface area contributed by atoms with Gasteiger partial charge in [0.25, 0.3) is 11.6 Å². The number of carboxylic acid groups (broad SMARTS) is 1. The second-order valence-electron chi connectivity index (χ2n) is 4.44. The zero-order valence-electron chi connectivity index (χ0n) is 10.6. The van der Waals surface area contributed by atoms with Crippen molar-refractivity contribution in [3.8, 4) is 0 Å². The number of hydrogen-bond acceptors (Lipinski definition) is 5. The number of amides is 1. The minimum atomic E-state index is -1.11. The molecule has 0 radical (unpaired) electrons. The van der Waals surface area contributed by atoms with Crippen LogP contribution >= 0.6 is 11.6 Å². The predicted molar refractivity (Wildman–Crippen MR) is 72.3 cm³/mol. The molecule has 2 unspecified atom stereocenters. The molecule has 112 valence electrons. The normalized spacial score (nSPS) is 21.0. The first-order chi connectivity index (χ1) is 9.88. The fourth-order valence-corrected chi connectivity index (χ4v) is 2.22. The van der Waals surface area contributed by atoms with E-state index in [1.807, 2.05) is 0 Å². The molecule has 8 nitrogen and oxygen atoms in total. The number of carbonyl (C=O) groups excluding carboxylic acids is 1. The van der Waals surface area contributed by atoms with Crippen molar-refractivity contribution >= 4 is 34.9 Å². The number of nitrogens with one attached hydrogen (secondary N) is 1. The molecule has 1 heterocycles.